The summed E-state index contributed by atoms with van der Waals surface area (Å²) in [6.07, 6.45) is 12.0. The van der Waals surface area contributed by atoms with Crippen molar-refractivity contribution in [2.45, 2.75) is 31.6 Å². The van der Waals surface area contributed by atoms with Crippen molar-refractivity contribution in [2.24, 2.45) is 0 Å². The maximum absolute atomic E-state index is 6.58. The van der Waals surface area contributed by atoms with Crippen molar-refractivity contribution >= 4 is 11.6 Å². The molecule has 0 aromatic heterocycles. The summed E-state index contributed by atoms with van der Waals surface area (Å²) < 4.78 is 0. The molecule has 0 saturated heterocycles. The van der Waals surface area contributed by atoms with Crippen molar-refractivity contribution in [1.82, 2.24) is 0 Å². The fraction of sp³-hybridized carbons (Fsp3) is 0.238. The summed E-state index contributed by atoms with van der Waals surface area (Å²) in [5, 5.41) is 0.882. The first kappa shape index (κ1) is 15.1. The lowest BCUT2D eigenvalue weighted by Crippen LogP contribution is -2.25. The van der Waals surface area contributed by atoms with E-state index in [4.69, 9.17) is 11.6 Å². The highest BCUT2D eigenvalue weighted by atomic mass is 35.5. The largest absolute Gasteiger partial charge is 0.0840 e. The van der Waals surface area contributed by atoms with Gasteiger partial charge in [0.05, 0.1) is 0 Å². The van der Waals surface area contributed by atoms with Crippen molar-refractivity contribution in [3.8, 4) is 0 Å². The predicted octanol–water partition coefficient (Wildman–Crippen LogP) is 6.04. The van der Waals surface area contributed by atoms with Crippen LogP contribution >= 0.6 is 11.6 Å². The van der Waals surface area contributed by atoms with Gasteiger partial charge in [0.15, 0.2) is 0 Å². The summed E-state index contributed by atoms with van der Waals surface area (Å²) in [7, 11) is 0. The third kappa shape index (κ3) is 3.18. The predicted molar refractivity (Wildman–Crippen MR) is 95.5 cm³/mol. The Morgan fingerprint density at radius 3 is 2.55 bits per heavy atom. The van der Waals surface area contributed by atoms with Gasteiger partial charge in [0, 0.05) is 10.4 Å². The first-order valence-electron chi connectivity index (χ1n) is 7.85. The van der Waals surface area contributed by atoms with E-state index in [1.165, 1.54) is 16.7 Å². The fourth-order valence-electron chi connectivity index (χ4n) is 3.22. The van der Waals surface area contributed by atoms with Crippen LogP contribution in [0.1, 0.15) is 29.5 Å². The molecule has 2 aromatic rings. The number of benzene rings is 2. The van der Waals surface area contributed by atoms with Gasteiger partial charge in [-0.2, -0.15) is 0 Å². The van der Waals surface area contributed by atoms with Crippen molar-refractivity contribution in [3.05, 3.63) is 94.5 Å². The molecule has 2 aromatic carbocycles. The van der Waals surface area contributed by atoms with E-state index in [9.17, 15) is 0 Å². The lowest BCUT2D eigenvalue weighted by atomic mass is 9.71. The van der Waals surface area contributed by atoms with E-state index >= 15 is 0 Å². The van der Waals surface area contributed by atoms with Gasteiger partial charge in [-0.15, -0.1) is 0 Å². The molecule has 0 amide bonds. The lowest BCUT2D eigenvalue weighted by molar-refractivity contribution is 0.492. The number of aryl methyl sites for hydroxylation is 2. The molecule has 22 heavy (non-hydrogen) atoms. The second kappa shape index (κ2) is 6.54. The molecule has 0 N–H and O–H groups in total. The molecule has 0 aliphatic heterocycles. The minimum absolute atomic E-state index is 0.00930. The maximum atomic E-state index is 6.58. The Hall–Kier alpha value is -1.79. The van der Waals surface area contributed by atoms with Gasteiger partial charge >= 0.3 is 0 Å². The molecule has 112 valence electrons. The highest BCUT2D eigenvalue weighted by Crippen LogP contribution is 2.40. The molecule has 0 fully saturated rings. The van der Waals surface area contributed by atoms with E-state index in [1.807, 2.05) is 0 Å². The number of halogens is 1. The van der Waals surface area contributed by atoms with Crippen LogP contribution in [-0.2, 0) is 11.8 Å². The first-order valence-corrected chi connectivity index (χ1v) is 8.22. The Kier molecular flexibility index (Phi) is 4.49. The Morgan fingerprint density at radius 2 is 1.86 bits per heavy atom. The third-order valence-corrected chi connectivity index (χ3v) is 4.82. The number of hydrogen-bond donors (Lipinski definition) is 0. The standard InChI is InChI=1S/C21H21Cl/c1-17-10-11-19(20(22)16-17)21(13-6-3-7-14-21)15-12-18-8-4-2-5-9-18/h2-11,13,16H,12,14-15H2,1H3. The summed E-state index contributed by atoms with van der Waals surface area (Å²) >= 11 is 6.58. The van der Waals surface area contributed by atoms with Crippen LogP contribution < -0.4 is 0 Å². The number of allylic oxidation sites excluding steroid dienone is 4. The van der Waals surface area contributed by atoms with Crippen molar-refractivity contribution < 1.29 is 0 Å². The van der Waals surface area contributed by atoms with E-state index in [-0.39, 0.29) is 5.41 Å². The average Bonchev–Trinajstić information content (AvgIpc) is 2.55. The Balaban J connectivity index is 1.91. The topological polar surface area (TPSA) is 0 Å². The SMILES string of the molecule is Cc1ccc(C2(CCc3ccccc3)C=CC=CC2)c(Cl)c1. The van der Waals surface area contributed by atoms with Crippen LogP contribution in [0.5, 0.6) is 0 Å². The van der Waals surface area contributed by atoms with Gasteiger partial charge in [-0.3, -0.25) is 0 Å². The molecule has 1 heteroatoms. The van der Waals surface area contributed by atoms with Gasteiger partial charge in [-0.05, 0) is 48.9 Å². The molecular weight excluding hydrogens is 288 g/mol. The quantitative estimate of drug-likeness (QED) is 0.646. The third-order valence-electron chi connectivity index (χ3n) is 4.51. The Labute approximate surface area is 138 Å². The minimum Gasteiger partial charge on any atom is -0.0840 e. The molecule has 0 nitrogen and oxygen atoms in total. The second-order valence-corrected chi connectivity index (χ2v) is 6.52. The monoisotopic (exact) mass is 308 g/mol. The van der Waals surface area contributed by atoms with Crippen LogP contribution in [0.25, 0.3) is 0 Å². The van der Waals surface area contributed by atoms with Crippen LogP contribution in [0.2, 0.25) is 5.02 Å². The van der Waals surface area contributed by atoms with Gasteiger partial charge in [0.1, 0.15) is 0 Å². The van der Waals surface area contributed by atoms with E-state index in [1.54, 1.807) is 0 Å². The molecule has 0 bridgehead atoms. The highest BCUT2D eigenvalue weighted by molar-refractivity contribution is 6.31. The van der Waals surface area contributed by atoms with Gasteiger partial charge in [-0.25, -0.2) is 0 Å². The molecular formula is C21H21Cl. The number of rotatable bonds is 4. The maximum Gasteiger partial charge on any atom is 0.0449 e. The zero-order chi connectivity index (χ0) is 15.4. The molecule has 1 atom stereocenters. The van der Waals surface area contributed by atoms with E-state index in [0.29, 0.717) is 0 Å². The van der Waals surface area contributed by atoms with Crippen LogP contribution in [0, 0.1) is 6.92 Å². The van der Waals surface area contributed by atoms with Crippen LogP contribution in [0.4, 0.5) is 0 Å². The van der Waals surface area contributed by atoms with Crippen molar-refractivity contribution in [2.75, 3.05) is 0 Å². The summed E-state index contributed by atoms with van der Waals surface area (Å²) in [6.45, 7) is 2.09. The first-order chi connectivity index (χ1) is 10.7. The zero-order valence-corrected chi connectivity index (χ0v) is 13.7. The van der Waals surface area contributed by atoms with Crippen LogP contribution in [-0.4, -0.2) is 0 Å². The van der Waals surface area contributed by atoms with E-state index in [0.717, 1.165) is 24.3 Å². The summed E-state index contributed by atoms with van der Waals surface area (Å²) in [6, 6.07) is 17.1. The fourth-order valence-corrected chi connectivity index (χ4v) is 3.64. The smallest absolute Gasteiger partial charge is 0.0449 e. The van der Waals surface area contributed by atoms with Gasteiger partial charge < -0.3 is 0 Å². The highest BCUT2D eigenvalue weighted by Gasteiger charge is 2.31. The molecule has 0 saturated carbocycles. The molecule has 1 aliphatic carbocycles. The molecule has 0 heterocycles. The van der Waals surface area contributed by atoms with Crippen molar-refractivity contribution in [1.29, 1.82) is 0 Å². The summed E-state index contributed by atoms with van der Waals surface area (Å²) in [4.78, 5) is 0. The molecule has 1 aliphatic rings. The minimum atomic E-state index is 0.00930. The number of hydrogen-bond acceptors (Lipinski definition) is 0. The molecule has 1 unspecified atom stereocenters. The lowest BCUT2D eigenvalue weighted by Gasteiger charge is -2.33. The normalized spacial score (nSPS) is 20.3. The van der Waals surface area contributed by atoms with Crippen LogP contribution in [0.15, 0.2) is 72.8 Å². The van der Waals surface area contributed by atoms with E-state index < -0.39 is 0 Å². The average molecular weight is 309 g/mol. The van der Waals surface area contributed by atoms with E-state index in [2.05, 4.69) is 79.8 Å². The Morgan fingerprint density at radius 1 is 1.05 bits per heavy atom. The molecule has 3 rings (SSSR count). The summed E-state index contributed by atoms with van der Waals surface area (Å²) in [5.41, 5.74) is 3.85. The van der Waals surface area contributed by atoms with Crippen molar-refractivity contribution in [3.63, 3.8) is 0 Å². The van der Waals surface area contributed by atoms with Gasteiger partial charge in [-0.1, -0.05) is 78.4 Å². The van der Waals surface area contributed by atoms with Gasteiger partial charge in [0.25, 0.3) is 0 Å². The summed E-state index contributed by atoms with van der Waals surface area (Å²) in [5.74, 6) is 0. The molecule has 0 radical (unpaired) electrons. The van der Waals surface area contributed by atoms with Gasteiger partial charge in [0.2, 0.25) is 0 Å². The molecule has 0 spiro atoms. The Bertz CT molecular complexity index is 697. The second-order valence-electron chi connectivity index (χ2n) is 6.12. The zero-order valence-electron chi connectivity index (χ0n) is 12.9. The van der Waals surface area contributed by atoms with Crippen LogP contribution in [0.3, 0.4) is 0 Å².